The van der Waals surface area contributed by atoms with Crippen molar-refractivity contribution < 1.29 is 28.2 Å². The van der Waals surface area contributed by atoms with Crippen molar-refractivity contribution in [2.24, 2.45) is 0 Å². The van der Waals surface area contributed by atoms with Gasteiger partial charge in [-0.1, -0.05) is 23.2 Å². The summed E-state index contributed by atoms with van der Waals surface area (Å²) in [4.78, 5) is 40.9. The van der Waals surface area contributed by atoms with Gasteiger partial charge in [-0.2, -0.15) is 0 Å². The third-order valence-electron chi connectivity index (χ3n) is 3.22. The van der Waals surface area contributed by atoms with Crippen LogP contribution in [0.1, 0.15) is 34.6 Å². The van der Waals surface area contributed by atoms with Crippen molar-refractivity contribution in [1.29, 1.82) is 0 Å². The molecule has 0 aliphatic carbocycles. The van der Waals surface area contributed by atoms with Crippen LogP contribution in [0, 0.1) is 31.9 Å². The first-order valence-electron chi connectivity index (χ1n) is 7.15. The molecule has 0 fully saturated rings. The Morgan fingerprint density at radius 2 is 1.07 bits per heavy atom. The summed E-state index contributed by atoms with van der Waals surface area (Å²) < 4.78 is 26.0. The summed E-state index contributed by atoms with van der Waals surface area (Å²) >= 11 is 10.8. The third kappa shape index (κ3) is 5.51. The highest BCUT2D eigenvalue weighted by Crippen LogP contribution is 2.28. The van der Waals surface area contributed by atoms with Gasteiger partial charge < -0.3 is 0 Å². The average molecular weight is 435 g/mol. The van der Waals surface area contributed by atoms with E-state index in [1.54, 1.807) is 0 Å². The standard InChI is InChI=1S/2C8H5ClFNO3/c2*1-4(12)5-2-8(11(13)14)6(9)3-7(5)10/h2*2-3H,1H3. The Balaban J connectivity index is 0.000000280. The number of nitro benzene ring substituents is 2. The molecule has 0 N–H and O–H groups in total. The summed E-state index contributed by atoms with van der Waals surface area (Å²) in [5.41, 5.74) is -1.61. The number of ketones is 2. The fourth-order valence-corrected chi connectivity index (χ4v) is 2.33. The van der Waals surface area contributed by atoms with Crippen LogP contribution in [0.3, 0.4) is 0 Å². The van der Waals surface area contributed by atoms with Crippen molar-refractivity contribution >= 4 is 46.1 Å². The zero-order valence-electron chi connectivity index (χ0n) is 14.2. The molecule has 2 aromatic rings. The van der Waals surface area contributed by atoms with Crippen LogP contribution >= 0.6 is 23.2 Å². The molecule has 12 heteroatoms. The molecule has 148 valence electrons. The number of nitrogens with zero attached hydrogens (tertiary/aromatic N) is 2. The van der Waals surface area contributed by atoms with Crippen LogP contribution in [0.15, 0.2) is 24.3 Å². The molecule has 0 heterocycles. The third-order valence-corrected chi connectivity index (χ3v) is 3.83. The average Bonchev–Trinajstić information content (AvgIpc) is 2.53. The molecule has 0 saturated carbocycles. The van der Waals surface area contributed by atoms with Crippen molar-refractivity contribution in [3.63, 3.8) is 0 Å². The van der Waals surface area contributed by atoms with E-state index in [4.69, 9.17) is 23.2 Å². The first kappa shape index (κ1) is 23.1. The lowest BCUT2D eigenvalue weighted by molar-refractivity contribution is -0.384. The Morgan fingerprint density at radius 3 is 1.29 bits per heavy atom. The van der Waals surface area contributed by atoms with Crippen LogP contribution in [0.4, 0.5) is 20.2 Å². The molecule has 0 aromatic heterocycles. The normalized spacial score (nSPS) is 9.93. The molecule has 0 spiro atoms. The molecular formula is C16H10Cl2F2N2O6. The number of carbonyl (C=O) groups excluding carboxylic acids is 2. The Hall–Kier alpha value is -2.98. The maximum atomic E-state index is 13.0. The number of Topliss-reactive ketones (excluding diaryl/α,β-unsaturated/α-hetero) is 2. The predicted octanol–water partition coefficient (Wildman–Crippen LogP) is 5.18. The summed E-state index contributed by atoms with van der Waals surface area (Å²) in [6, 6.07) is 3.19. The molecule has 2 aromatic carbocycles. The van der Waals surface area contributed by atoms with E-state index in [1.165, 1.54) is 0 Å². The largest absolute Gasteiger partial charge is 0.294 e. The van der Waals surface area contributed by atoms with E-state index < -0.39 is 44.4 Å². The first-order valence-corrected chi connectivity index (χ1v) is 7.91. The molecule has 0 unspecified atom stereocenters. The quantitative estimate of drug-likeness (QED) is 0.371. The fourth-order valence-electron chi connectivity index (χ4n) is 1.89. The predicted molar refractivity (Wildman–Crippen MR) is 96.1 cm³/mol. The van der Waals surface area contributed by atoms with Gasteiger partial charge in [-0.3, -0.25) is 29.8 Å². The number of nitro groups is 2. The number of hydrogen-bond acceptors (Lipinski definition) is 6. The summed E-state index contributed by atoms with van der Waals surface area (Å²) in [7, 11) is 0. The van der Waals surface area contributed by atoms with Gasteiger partial charge in [0.05, 0.1) is 21.0 Å². The SMILES string of the molecule is CC(=O)c1cc([N+](=O)[O-])c(Cl)cc1F.CC(=O)c1cc([N+](=O)[O-])c(Cl)cc1F. The Bertz CT molecular complexity index is 848. The second-order valence-corrected chi connectivity index (χ2v) is 6.01. The van der Waals surface area contributed by atoms with Gasteiger partial charge in [0.25, 0.3) is 11.4 Å². The van der Waals surface area contributed by atoms with Gasteiger partial charge in [-0.25, -0.2) is 8.78 Å². The van der Waals surface area contributed by atoms with Crippen LogP contribution in [0.2, 0.25) is 10.0 Å². The highest BCUT2D eigenvalue weighted by atomic mass is 35.5. The number of hydrogen-bond donors (Lipinski definition) is 0. The van der Waals surface area contributed by atoms with Crippen molar-refractivity contribution in [2.75, 3.05) is 0 Å². The topological polar surface area (TPSA) is 120 Å². The molecule has 0 aliphatic heterocycles. The number of rotatable bonds is 4. The zero-order valence-corrected chi connectivity index (χ0v) is 15.7. The molecule has 0 radical (unpaired) electrons. The molecule has 0 saturated heterocycles. The molecule has 0 aliphatic rings. The van der Waals surface area contributed by atoms with Gasteiger partial charge in [0.2, 0.25) is 0 Å². The van der Waals surface area contributed by atoms with E-state index in [0.717, 1.165) is 38.1 Å². The van der Waals surface area contributed by atoms with Gasteiger partial charge >= 0.3 is 0 Å². The lowest BCUT2D eigenvalue weighted by Crippen LogP contribution is -2.00. The van der Waals surface area contributed by atoms with Crippen molar-refractivity contribution in [3.8, 4) is 0 Å². The van der Waals surface area contributed by atoms with E-state index in [0.29, 0.717) is 0 Å². The van der Waals surface area contributed by atoms with Crippen LogP contribution in [-0.2, 0) is 0 Å². The minimum atomic E-state index is -0.854. The van der Waals surface area contributed by atoms with Crippen LogP contribution in [0.25, 0.3) is 0 Å². The molecular weight excluding hydrogens is 425 g/mol. The highest BCUT2D eigenvalue weighted by molar-refractivity contribution is 6.33. The molecule has 0 bridgehead atoms. The van der Waals surface area contributed by atoms with Crippen molar-refractivity contribution in [1.82, 2.24) is 0 Å². The lowest BCUT2D eigenvalue weighted by atomic mass is 10.1. The second kappa shape index (κ2) is 9.29. The van der Waals surface area contributed by atoms with E-state index in [1.807, 2.05) is 0 Å². The van der Waals surface area contributed by atoms with Crippen LogP contribution in [-0.4, -0.2) is 21.4 Å². The number of benzene rings is 2. The fraction of sp³-hybridized carbons (Fsp3) is 0.125. The maximum absolute atomic E-state index is 13.0. The van der Waals surface area contributed by atoms with Crippen LogP contribution < -0.4 is 0 Å². The summed E-state index contributed by atoms with van der Waals surface area (Å²) in [5, 5.41) is 20.1. The number of carbonyl (C=O) groups is 2. The monoisotopic (exact) mass is 434 g/mol. The Labute approximate surface area is 166 Å². The summed E-state index contributed by atoms with van der Waals surface area (Å²) in [6.07, 6.45) is 0. The zero-order chi connectivity index (χ0) is 21.8. The van der Waals surface area contributed by atoms with Gasteiger partial charge in [-0.05, 0) is 13.8 Å². The molecule has 8 nitrogen and oxygen atoms in total. The van der Waals surface area contributed by atoms with Crippen molar-refractivity contribution in [2.45, 2.75) is 13.8 Å². The van der Waals surface area contributed by atoms with E-state index in [2.05, 4.69) is 0 Å². The highest BCUT2D eigenvalue weighted by Gasteiger charge is 2.19. The van der Waals surface area contributed by atoms with Gasteiger partial charge in [-0.15, -0.1) is 0 Å². The Morgan fingerprint density at radius 1 is 0.786 bits per heavy atom. The van der Waals surface area contributed by atoms with Gasteiger partial charge in [0.15, 0.2) is 11.6 Å². The number of halogens is 4. The second-order valence-electron chi connectivity index (χ2n) is 5.19. The van der Waals surface area contributed by atoms with Gasteiger partial charge in [0.1, 0.15) is 21.7 Å². The maximum Gasteiger partial charge on any atom is 0.288 e. The smallest absolute Gasteiger partial charge is 0.288 e. The van der Waals surface area contributed by atoms with Crippen molar-refractivity contribution in [3.05, 3.63) is 77.3 Å². The Kier molecular flexibility index (Phi) is 7.65. The minimum Gasteiger partial charge on any atom is -0.294 e. The first-order chi connectivity index (χ1) is 12.9. The summed E-state index contributed by atoms with van der Waals surface area (Å²) in [6.45, 7) is 2.24. The van der Waals surface area contributed by atoms with E-state index in [9.17, 15) is 38.6 Å². The lowest BCUT2D eigenvalue weighted by Gasteiger charge is -2.00. The summed E-state index contributed by atoms with van der Waals surface area (Å²) in [5.74, 6) is -2.87. The van der Waals surface area contributed by atoms with E-state index in [-0.39, 0.29) is 21.2 Å². The molecule has 28 heavy (non-hydrogen) atoms. The minimum absolute atomic E-state index is 0.322. The van der Waals surface area contributed by atoms with Crippen LogP contribution in [0.5, 0.6) is 0 Å². The van der Waals surface area contributed by atoms with Gasteiger partial charge in [0, 0.05) is 24.3 Å². The van der Waals surface area contributed by atoms with E-state index >= 15 is 0 Å². The molecule has 0 amide bonds. The molecule has 0 atom stereocenters. The molecule has 2 rings (SSSR count).